The molecule has 1 saturated heterocycles. The van der Waals surface area contributed by atoms with Gasteiger partial charge in [0.25, 0.3) is 5.91 Å². The Morgan fingerprint density at radius 1 is 1.13 bits per heavy atom. The van der Waals surface area contributed by atoms with Crippen LogP contribution in [0.3, 0.4) is 0 Å². The molecule has 3 rings (SSSR count). The van der Waals surface area contributed by atoms with Crippen LogP contribution < -0.4 is 10.6 Å². The van der Waals surface area contributed by atoms with Crippen molar-refractivity contribution in [2.45, 2.75) is 18.9 Å². The first-order valence-corrected chi connectivity index (χ1v) is 10.6. The van der Waals surface area contributed by atoms with Crippen molar-refractivity contribution in [3.05, 3.63) is 71.3 Å². The van der Waals surface area contributed by atoms with Crippen molar-refractivity contribution in [3.8, 4) is 0 Å². The van der Waals surface area contributed by atoms with E-state index in [1.165, 1.54) is 5.56 Å². The van der Waals surface area contributed by atoms with Gasteiger partial charge in [0.1, 0.15) is 0 Å². The number of benzene rings is 2. The standard InChI is InChI=1S/C24H33N5O/c1-25-24(29-14-12-22(18-29)20-9-5-4-6-10-20)27-17-19-8-7-11-21(16-19)23(30)26-13-15-28(2)3/h4-11,16,22H,12-15,17-18H2,1-3H3,(H,25,27)(H,26,30). The molecule has 1 fully saturated rings. The van der Waals surface area contributed by atoms with Gasteiger partial charge in [-0.25, -0.2) is 0 Å². The maximum Gasteiger partial charge on any atom is 0.251 e. The highest BCUT2D eigenvalue weighted by atomic mass is 16.1. The fourth-order valence-corrected chi connectivity index (χ4v) is 3.78. The molecule has 1 aliphatic heterocycles. The van der Waals surface area contributed by atoms with E-state index in [9.17, 15) is 4.79 Å². The van der Waals surface area contributed by atoms with Gasteiger partial charge in [-0.1, -0.05) is 42.5 Å². The van der Waals surface area contributed by atoms with Gasteiger partial charge in [-0.15, -0.1) is 0 Å². The number of guanidine groups is 1. The normalized spacial score (nSPS) is 16.7. The van der Waals surface area contributed by atoms with E-state index in [1.807, 2.05) is 50.3 Å². The van der Waals surface area contributed by atoms with Crippen LogP contribution in [0.25, 0.3) is 0 Å². The Balaban J connectivity index is 1.53. The molecule has 1 amide bonds. The second kappa shape index (κ2) is 10.8. The van der Waals surface area contributed by atoms with Crippen molar-refractivity contribution in [1.82, 2.24) is 20.4 Å². The number of nitrogens with zero attached hydrogens (tertiary/aromatic N) is 3. The van der Waals surface area contributed by atoms with Crippen LogP contribution in [-0.4, -0.2) is 69.0 Å². The number of hydrogen-bond acceptors (Lipinski definition) is 3. The molecule has 0 radical (unpaired) electrons. The molecular formula is C24H33N5O. The Labute approximate surface area is 180 Å². The fourth-order valence-electron chi connectivity index (χ4n) is 3.78. The molecule has 0 spiro atoms. The number of rotatable bonds is 7. The molecule has 30 heavy (non-hydrogen) atoms. The molecule has 0 bridgehead atoms. The summed E-state index contributed by atoms with van der Waals surface area (Å²) in [7, 11) is 5.81. The quantitative estimate of drug-likeness (QED) is 0.547. The molecule has 160 valence electrons. The van der Waals surface area contributed by atoms with Crippen LogP contribution in [0.2, 0.25) is 0 Å². The molecule has 2 N–H and O–H groups in total. The van der Waals surface area contributed by atoms with E-state index in [-0.39, 0.29) is 5.91 Å². The van der Waals surface area contributed by atoms with E-state index < -0.39 is 0 Å². The molecule has 1 aliphatic rings. The monoisotopic (exact) mass is 407 g/mol. The van der Waals surface area contributed by atoms with Crippen LogP contribution >= 0.6 is 0 Å². The summed E-state index contributed by atoms with van der Waals surface area (Å²) in [5.74, 6) is 1.42. The minimum absolute atomic E-state index is 0.0340. The Morgan fingerprint density at radius 2 is 1.93 bits per heavy atom. The van der Waals surface area contributed by atoms with E-state index >= 15 is 0 Å². The van der Waals surface area contributed by atoms with Gasteiger partial charge in [-0.05, 0) is 43.8 Å². The van der Waals surface area contributed by atoms with Gasteiger partial charge in [0.2, 0.25) is 0 Å². The lowest BCUT2D eigenvalue weighted by molar-refractivity contribution is 0.0951. The van der Waals surface area contributed by atoms with Crippen LogP contribution in [0.15, 0.2) is 59.6 Å². The molecule has 0 aromatic heterocycles. The molecule has 6 nitrogen and oxygen atoms in total. The minimum atomic E-state index is -0.0340. The SMILES string of the molecule is CN=C(NCc1cccc(C(=O)NCCN(C)C)c1)N1CCC(c2ccccc2)C1. The molecule has 2 aromatic carbocycles. The van der Waals surface area contributed by atoms with Crippen molar-refractivity contribution >= 4 is 11.9 Å². The van der Waals surface area contributed by atoms with Gasteiger partial charge in [-0.3, -0.25) is 9.79 Å². The largest absolute Gasteiger partial charge is 0.352 e. The molecule has 2 aromatic rings. The van der Waals surface area contributed by atoms with Gasteiger partial charge >= 0.3 is 0 Å². The molecule has 0 aliphatic carbocycles. The number of aliphatic imine (C=N–C) groups is 1. The van der Waals surface area contributed by atoms with Crippen molar-refractivity contribution in [3.63, 3.8) is 0 Å². The van der Waals surface area contributed by atoms with Crippen molar-refractivity contribution in [2.75, 3.05) is 47.3 Å². The van der Waals surface area contributed by atoms with Gasteiger partial charge < -0.3 is 20.4 Å². The fraction of sp³-hybridized carbons (Fsp3) is 0.417. The summed E-state index contributed by atoms with van der Waals surface area (Å²) >= 11 is 0. The smallest absolute Gasteiger partial charge is 0.251 e. The highest BCUT2D eigenvalue weighted by molar-refractivity contribution is 5.94. The van der Waals surface area contributed by atoms with Crippen LogP contribution in [0.5, 0.6) is 0 Å². The molecule has 1 unspecified atom stereocenters. The van der Waals surface area contributed by atoms with Gasteiger partial charge in [0.05, 0.1) is 0 Å². The van der Waals surface area contributed by atoms with Crippen LogP contribution in [0.4, 0.5) is 0 Å². The number of likely N-dealkylation sites (N-methyl/N-ethyl adjacent to an activating group) is 1. The predicted octanol–water partition coefficient (Wildman–Crippen LogP) is 2.54. The zero-order valence-electron chi connectivity index (χ0n) is 18.3. The lowest BCUT2D eigenvalue weighted by atomic mass is 9.99. The van der Waals surface area contributed by atoms with Gasteiger partial charge in [0, 0.05) is 51.3 Å². The van der Waals surface area contributed by atoms with Crippen molar-refractivity contribution in [1.29, 1.82) is 0 Å². The zero-order valence-corrected chi connectivity index (χ0v) is 18.3. The number of carbonyl (C=O) groups excluding carboxylic acids is 1. The molecule has 0 saturated carbocycles. The first-order chi connectivity index (χ1) is 14.6. The summed E-state index contributed by atoms with van der Waals surface area (Å²) in [5, 5.41) is 6.43. The third kappa shape index (κ3) is 6.07. The Kier molecular flexibility index (Phi) is 7.85. The predicted molar refractivity (Wildman–Crippen MR) is 123 cm³/mol. The highest BCUT2D eigenvalue weighted by Gasteiger charge is 2.25. The van der Waals surface area contributed by atoms with E-state index in [2.05, 4.69) is 50.9 Å². The number of amides is 1. The number of likely N-dealkylation sites (tertiary alicyclic amines) is 1. The number of hydrogen-bond donors (Lipinski definition) is 2. The van der Waals surface area contributed by atoms with Crippen LogP contribution in [0, 0.1) is 0 Å². The maximum atomic E-state index is 12.4. The minimum Gasteiger partial charge on any atom is -0.352 e. The molecular weight excluding hydrogens is 374 g/mol. The zero-order chi connectivity index (χ0) is 21.3. The third-order valence-electron chi connectivity index (χ3n) is 5.45. The van der Waals surface area contributed by atoms with Crippen molar-refractivity contribution < 1.29 is 4.79 Å². The van der Waals surface area contributed by atoms with Gasteiger partial charge in [-0.2, -0.15) is 0 Å². The second-order valence-electron chi connectivity index (χ2n) is 8.00. The first-order valence-electron chi connectivity index (χ1n) is 10.6. The average molecular weight is 408 g/mol. The second-order valence-corrected chi connectivity index (χ2v) is 8.00. The molecule has 6 heteroatoms. The van der Waals surface area contributed by atoms with Gasteiger partial charge in [0.15, 0.2) is 5.96 Å². The summed E-state index contributed by atoms with van der Waals surface area (Å²) < 4.78 is 0. The molecule has 1 heterocycles. The Morgan fingerprint density at radius 3 is 2.67 bits per heavy atom. The van der Waals surface area contributed by atoms with E-state index in [0.29, 0.717) is 24.6 Å². The van der Waals surface area contributed by atoms with E-state index in [0.717, 1.165) is 37.6 Å². The summed E-state index contributed by atoms with van der Waals surface area (Å²) in [6, 6.07) is 18.5. The summed E-state index contributed by atoms with van der Waals surface area (Å²) in [6.45, 7) is 4.06. The number of carbonyl (C=O) groups is 1. The lowest BCUT2D eigenvalue weighted by Crippen LogP contribution is -2.39. The first kappa shape index (κ1) is 21.8. The summed E-state index contributed by atoms with van der Waals surface area (Å²) in [5.41, 5.74) is 3.15. The van der Waals surface area contributed by atoms with Crippen molar-refractivity contribution in [2.24, 2.45) is 4.99 Å². The topological polar surface area (TPSA) is 60.0 Å². The van der Waals surface area contributed by atoms with Crippen LogP contribution in [-0.2, 0) is 6.54 Å². The lowest BCUT2D eigenvalue weighted by Gasteiger charge is -2.22. The Hall–Kier alpha value is -2.86. The van der Waals surface area contributed by atoms with Crippen LogP contribution in [0.1, 0.15) is 33.8 Å². The average Bonchev–Trinajstić information content (AvgIpc) is 3.25. The van der Waals surface area contributed by atoms with E-state index in [4.69, 9.17) is 0 Å². The summed E-state index contributed by atoms with van der Waals surface area (Å²) in [6.07, 6.45) is 1.13. The third-order valence-corrected chi connectivity index (χ3v) is 5.45. The van der Waals surface area contributed by atoms with E-state index in [1.54, 1.807) is 0 Å². The summed E-state index contributed by atoms with van der Waals surface area (Å²) in [4.78, 5) is 21.2. The molecule has 1 atom stereocenters. The maximum absolute atomic E-state index is 12.4. The highest BCUT2D eigenvalue weighted by Crippen LogP contribution is 2.26. The Bertz CT molecular complexity index is 850. The number of nitrogens with one attached hydrogen (secondary N) is 2.